The summed E-state index contributed by atoms with van der Waals surface area (Å²) in [6, 6.07) is 12.0. The number of rotatable bonds is 18. The second-order valence-electron chi connectivity index (χ2n) is 11.2. The van der Waals surface area contributed by atoms with Crippen LogP contribution in [0.2, 0.25) is 0 Å². The highest BCUT2D eigenvalue weighted by Gasteiger charge is 2.24. The van der Waals surface area contributed by atoms with E-state index in [1.807, 2.05) is 12.1 Å². The summed E-state index contributed by atoms with van der Waals surface area (Å²) >= 11 is 0. The van der Waals surface area contributed by atoms with E-state index in [0.717, 1.165) is 55.7 Å². The lowest BCUT2D eigenvalue weighted by Crippen LogP contribution is -2.16. The number of allylic oxidation sites excluding steroid dienone is 1. The Labute approximate surface area is 269 Å². The van der Waals surface area contributed by atoms with Crippen LogP contribution in [0.3, 0.4) is 0 Å². The molecular weight excluding hydrogens is 598 g/mol. The second-order valence-corrected chi connectivity index (χ2v) is 11.2. The summed E-state index contributed by atoms with van der Waals surface area (Å²) in [5.74, 6) is 0.281. The largest absolute Gasteiger partial charge is 0.486 e. The van der Waals surface area contributed by atoms with Gasteiger partial charge in [-0.15, -0.1) is 0 Å². The minimum absolute atomic E-state index is 0.0103. The molecule has 0 heterocycles. The maximum Gasteiger partial charge on any atom is 0.335 e. The maximum absolute atomic E-state index is 12.4. The van der Waals surface area contributed by atoms with Gasteiger partial charge in [-0.2, -0.15) is 8.78 Å². The first-order chi connectivity index (χ1) is 22.2. The number of carbonyl (C=O) groups is 2. The first kappa shape index (κ1) is 36.4. The van der Waals surface area contributed by atoms with Crippen molar-refractivity contribution in [3.05, 3.63) is 84.0 Å². The molecule has 1 aliphatic carbocycles. The van der Waals surface area contributed by atoms with E-state index < -0.39 is 31.2 Å². The smallest absolute Gasteiger partial charge is 0.335 e. The van der Waals surface area contributed by atoms with Gasteiger partial charge in [-0.05, 0) is 97.2 Å². The third kappa shape index (κ3) is 11.1. The predicted molar refractivity (Wildman–Crippen MR) is 171 cm³/mol. The van der Waals surface area contributed by atoms with Crippen molar-refractivity contribution >= 4 is 11.9 Å². The summed E-state index contributed by atoms with van der Waals surface area (Å²) < 4.78 is 46.7. The first-order valence-electron chi connectivity index (χ1n) is 15.6. The Morgan fingerprint density at radius 2 is 1.39 bits per heavy atom. The zero-order valence-corrected chi connectivity index (χ0v) is 26.4. The number of halogens is 2. The molecule has 10 heteroatoms. The average Bonchev–Trinajstić information content (AvgIpc) is 3.07. The Balaban J connectivity index is 1.72. The molecule has 0 atom stereocenters. The molecule has 1 aliphatic rings. The molecule has 8 nitrogen and oxygen atoms in total. The van der Waals surface area contributed by atoms with E-state index in [4.69, 9.17) is 29.2 Å². The summed E-state index contributed by atoms with van der Waals surface area (Å²) in [6.45, 7) is 7.88. The van der Waals surface area contributed by atoms with Crippen molar-refractivity contribution < 1.29 is 47.5 Å². The number of benzene rings is 2. The van der Waals surface area contributed by atoms with Crippen LogP contribution in [0.4, 0.5) is 8.78 Å². The van der Waals surface area contributed by atoms with Crippen molar-refractivity contribution in [1.82, 2.24) is 0 Å². The van der Waals surface area contributed by atoms with E-state index in [-0.39, 0.29) is 37.6 Å². The molecule has 0 amide bonds. The SMILES string of the molecule is C=C(CO)C(=O)OCCOc1ccc(-c2ccc(C3CCC(CCC=C(F)F)CC3)c(CC)c2)cc1OCCOC(=O)C(=C)CO. The normalized spacial score (nSPS) is 15.8. The van der Waals surface area contributed by atoms with E-state index in [0.29, 0.717) is 29.8 Å². The minimum atomic E-state index is -1.60. The lowest BCUT2D eigenvalue weighted by molar-refractivity contribution is -0.141. The molecule has 0 saturated heterocycles. The Hall–Kier alpha value is -4.02. The fraction of sp³-hybridized carbons (Fsp3) is 0.444. The number of carbonyl (C=O) groups excluding carboxylic acids is 2. The van der Waals surface area contributed by atoms with E-state index in [2.05, 4.69) is 38.3 Å². The highest BCUT2D eigenvalue weighted by molar-refractivity contribution is 5.88. The monoisotopic (exact) mass is 642 g/mol. The Morgan fingerprint density at radius 1 is 0.826 bits per heavy atom. The van der Waals surface area contributed by atoms with Crippen LogP contribution in [0, 0.1) is 5.92 Å². The standard InChI is InChI=1S/C36H44F2O8/c1-4-27-20-29(12-14-31(27)28-10-8-26(9-11-28)6-5-7-34(37)38)30-13-15-32(43-16-18-45-35(41)24(2)22-39)33(21-30)44-17-19-46-36(42)25(3)23-40/h7,12-15,20-21,26,28,39-40H,2-6,8-11,16-19,22-23H2,1H3. The van der Waals surface area contributed by atoms with E-state index in [9.17, 15) is 18.4 Å². The minimum Gasteiger partial charge on any atom is -0.486 e. The Kier molecular flexibility index (Phi) is 14.9. The molecular formula is C36H44F2O8. The lowest BCUT2D eigenvalue weighted by atomic mass is 9.75. The number of hydrogen-bond acceptors (Lipinski definition) is 8. The molecule has 250 valence electrons. The molecule has 3 rings (SSSR count). The van der Waals surface area contributed by atoms with Crippen molar-refractivity contribution in [2.24, 2.45) is 5.92 Å². The molecule has 0 bridgehead atoms. The van der Waals surface area contributed by atoms with Crippen molar-refractivity contribution in [1.29, 1.82) is 0 Å². The first-order valence-corrected chi connectivity index (χ1v) is 15.6. The highest BCUT2D eigenvalue weighted by Crippen LogP contribution is 2.40. The van der Waals surface area contributed by atoms with Gasteiger partial charge < -0.3 is 29.2 Å². The van der Waals surface area contributed by atoms with Gasteiger partial charge in [0.05, 0.1) is 24.4 Å². The molecule has 1 saturated carbocycles. The predicted octanol–water partition coefficient (Wildman–Crippen LogP) is 6.69. The highest BCUT2D eigenvalue weighted by atomic mass is 19.3. The van der Waals surface area contributed by atoms with Crippen LogP contribution >= 0.6 is 0 Å². The quantitative estimate of drug-likeness (QED) is 0.105. The van der Waals surface area contributed by atoms with Crippen LogP contribution in [0.1, 0.15) is 62.5 Å². The molecule has 2 N–H and O–H groups in total. The van der Waals surface area contributed by atoms with E-state index >= 15 is 0 Å². The maximum atomic E-state index is 12.4. The van der Waals surface area contributed by atoms with Gasteiger partial charge in [0, 0.05) is 0 Å². The molecule has 0 unspecified atom stereocenters. The van der Waals surface area contributed by atoms with Gasteiger partial charge in [0.2, 0.25) is 0 Å². The van der Waals surface area contributed by atoms with Crippen molar-refractivity contribution in [3.8, 4) is 22.6 Å². The van der Waals surface area contributed by atoms with Crippen LogP contribution < -0.4 is 9.47 Å². The second kappa shape index (κ2) is 18.8. The van der Waals surface area contributed by atoms with Gasteiger partial charge in [-0.25, -0.2) is 9.59 Å². The third-order valence-electron chi connectivity index (χ3n) is 8.07. The summed E-state index contributed by atoms with van der Waals surface area (Å²) in [6.07, 6.45) is 5.69. The van der Waals surface area contributed by atoms with E-state index in [1.54, 1.807) is 6.07 Å². The van der Waals surface area contributed by atoms with Crippen molar-refractivity contribution in [3.63, 3.8) is 0 Å². The van der Waals surface area contributed by atoms with Crippen LogP contribution in [-0.4, -0.2) is 61.8 Å². The Morgan fingerprint density at radius 3 is 1.96 bits per heavy atom. The fourth-order valence-corrected chi connectivity index (χ4v) is 5.50. The topological polar surface area (TPSA) is 112 Å². The number of esters is 2. The summed E-state index contributed by atoms with van der Waals surface area (Å²) in [5, 5.41) is 18.1. The molecule has 2 aromatic rings. The zero-order valence-electron chi connectivity index (χ0n) is 26.4. The number of aliphatic hydroxyl groups is 2. The number of aliphatic hydroxyl groups excluding tert-OH is 2. The van der Waals surface area contributed by atoms with Crippen LogP contribution in [0.5, 0.6) is 11.5 Å². The molecule has 46 heavy (non-hydrogen) atoms. The third-order valence-corrected chi connectivity index (χ3v) is 8.07. The molecule has 1 fully saturated rings. The number of hydrogen-bond donors (Lipinski definition) is 2. The van der Waals surface area contributed by atoms with Gasteiger partial charge >= 0.3 is 11.9 Å². The van der Waals surface area contributed by atoms with Crippen LogP contribution in [-0.2, 0) is 25.5 Å². The summed E-state index contributed by atoms with van der Waals surface area (Å²) in [4.78, 5) is 23.6. The lowest BCUT2D eigenvalue weighted by Gasteiger charge is -2.30. The molecule has 0 aromatic heterocycles. The molecule has 2 aromatic carbocycles. The van der Waals surface area contributed by atoms with Gasteiger partial charge in [0.25, 0.3) is 6.08 Å². The molecule has 0 spiro atoms. The van der Waals surface area contributed by atoms with Crippen LogP contribution in [0.25, 0.3) is 11.1 Å². The van der Waals surface area contributed by atoms with Gasteiger partial charge in [-0.3, -0.25) is 0 Å². The van der Waals surface area contributed by atoms with Crippen molar-refractivity contribution in [2.75, 3.05) is 39.6 Å². The summed E-state index contributed by atoms with van der Waals surface area (Å²) in [7, 11) is 0. The summed E-state index contributed by atoms with van der Waals surface area (Å²) in [5.41, 5.74) is 4.35. The van der Waals surface area contributed by atoms with Gasteiger partial charge in [0.1, 0.15) is 26.4 Å². The Bertz CT molecular complexity index is 1370. The van der Waals surface area contributed by atoms with Gasteiger partial charge in [0.15, 0.2) is 11.5 Å². The molecule has 0 radical (unpaired) electrons. The van der Waals surface area contributed by atoms with E-state index in [1.165, 1.54) is 11.1 Å². The zero-order chi connectivity index (χ0) is 33.5. The average molecular weight is 643 g/mol. The van der Waals surface area contributed by atoms with Gasteiger partial charge in [-0.1, -0.05) is 44.3 Å². The molecule has 0 aliphatic heterocycles. The number of ether oxygens (including phenoxy) is 4. The van der Waals surface area contributed by atoms with Crippen molar-refractivity contribution in [2.45, 2.75) is 57.8 Å². The fourth-order valence-electron chi connectivity index (χ4n) is 5.50. The number of aryl methyl sites for hydroxylation is 1. The van der Waals surface area contributed by atoms with Crippen LogP contribution in [0.15, 0.2) is 72.9 Å².